The average Bonchev–Trinajstić information content (AvgIpc) is 3.21. The number of aromatic nitrogens is 3. The third kappa shape index (κ3) is 3.96. The number of nitrogens with zero attached hydrogens (tertiary/aromatic N) is 4. The number of rotatable bonds is 6. The van der Waals surface area contributed by atoms with Gasteiger partial charge in [-0.2, -0.15) is 15.0 Å². The predicted molar refractivity (Wildman–Crippen MR) is 120 cm³/mol. The van der Waals surface area contributed by atoms with Crippen LogP contribution in [0.2, 0.25) is 0 Å². The molecule has 160 valence electrons. The van der Waals surface area contributed by atoms with Gasteiger partial charge in [0.15, 0.2) is 11.6 Å². The van der Waals surface area contributed by atoms with Crippen molar-refractivity contribution < 1.29 is 14.3 Å². The molecule has 0 bridgehead atoms. The SMILES string of the molecule is COc1ccc(CC(=O)Nc2c(C#N)cnn2-c2cc(C)c3cccc(OC)c3n2)cc1. The van der Waals surface area contributed by atoms with Gasteiger partial charge in [0, 0.05) is 5.39 Å². The van der Waals surface area contributed by atoms with Gasteiger partial charge in [-0.25, -0.2) is 4.98 Å². The number of nitrogens with one attached hydrogen (secondary N) is 1. The molecule has 0 fully saturated rings. The highest BCUT2D eigenvalue weighted by Crippen LogP contribution is 2.29. The molecule has 1 amide bonds. The number of para-hydroxylation sites is 1. The van der Waals surface area contributed by atoms with Crippen LogP contribution in [0.1, 0.15) is 16.7 Å². The maximum Gasteiger partial charge on any atom is 0.229 e. The fourth-order valence-electron chi connectivity index (χ4n) is 3.48. The quantitative estimate of drug-likeness (QED) is 0.502. The number of aryl methyl sites for hydroxylation is 1. The van der Waals surface area contributed by atoms with Gasteiger partial charge in [-0.15, -0.1) is 0 Å². The number of pyridine rings is 1. The Morgan fingerprint density at radius 2 is 1.94 bits per heavy atom. The minimum absolute atomic E-state index is 0.137. The fourth-order valence-corrected chi connectivity index (χ4v) is 3.48. The Balaban J connectivity index is 1.69. The van der Waals surface area contributed by atoms with Gasteiger partial charge >= 0.3 is 0 Å². The molecule has 0 radical (unpaired) electrons. The van der Waals surface area contributed by atoms with E-state index in [4.69, 9.17) is 14.5 Å². The van der Waals surface area contributed by atoms with Crippen molar-refractivity contribution in [2.24, 2.45) is 0 Å². The number of anilines is 1. The Labute approximate surface area is 185 Å². The first-order valence-electron chi connectivity index (χ1n) is 9.89. The van der Waals surface area contributed by atoms with E-state index >= 15 is 0 Å². The minimum Gasteiger partial charge on any atom is -0.497 e. The summed E-state index contributed by atoms with van der Waals surface area (Å²) in [7, 11) is 3.18. The van der Waals surface area contributed by atoms with Crippen LogP contribution in [0.3, 0.4) is 0 Å². The third-order valence-corrected chi connectivity index (χ3v) is 5.10. The van der Waals surface area contributed by atoms with Gasteiger partial charge in [0.2, 0.25) is 5.91 Å². The molecular weight excluding hydrogens is 406 g/mol. The van der Waals surface area contributed by atoms with Crippen molar-refractivity contribution in [1.82, 2.24) is 14.8 Å². The van der Waals surface area contributed by atoms with E-state index < -0.39 is 0 Å². The van der Waals surface area contributed by atoms with Gasteiger partial charge in [0.05, 0.1) is 26.8 Å². The number of carbonyl (C=O) groups is 1. The molecule has 2 heterocycles. The number of hydrogen-bond donors (Lipinski definition) is 1. The zero-order valence-corrected chi connectivity index (χ0v) is 17.9. The van der Waals surface area contributed by atoms with Crippen LogP contribution in [0.5, 0.6) is 11.5 Å². The van der Waals surface area contributed by atoms with E-state index in [9.17, 15) is 10.1 Å². The first kappa shape index (κ1) is 20.9. The van der Waals surface area contributed by atoms with Gasteiger partial charge in [0.1, 0.15) is 28.6 Å². The number of hydrogen-bond acceptors (Lipinski definition) is 6. The van der Waals surface area contributed by atoms with Crippen LogP contribution >= 0.6 is 0 Å². The predicted octanol–water partition coefficient (Wildman–Crippen LogP) is 3.80. The van der Waals surface area contributed by atoms with Crippen molar-refractivity contribution >= 4 is 22.6 Å². The van der Waals surface area contributed by atoms with Gasteiger partial charge in [-0.05, 0) is 42.3 Å². The Kier molecular flexibility index (Phi) is 5.73. The first-order valence-corrected chi connectivity index (χ1v) is 9.89. The lowest BCUT2D eigenvalue weighted by Gasteiger charge is -2.12. The second-order valence-corrected chi connectivity index (χ2v) is 7.16. The van der Waals surface area contributed by atoms with Crippen LogP contribution in [-0.2, 0) is 11.2 Å². The summed E-state index contributed by atoms with van der Waals surface area (Å²) < 4.78 is 12.1. The molecule has 4 aromatic rings. The summed E-state index contributed by atoms with van der Waals surface area (Å²) in [6.07, 6.45) is 1.55. The number of amides is 1. The van der Waals surface area contributed by atoms with Crippen LogP contribution in [-0.4, -0.2) is 34.9 Å². The molecule has 1 N–H and O–H groups in total. The number of benzene rings is 2. The van der Waals surface area contributed by atoms with Crippen molar-refractivity contribution in [3.05, 3.63) is 71.4 Å². The van der Waals surface area contributed by atoms with E-state index in [1.807, 2.05) is 43.3 Å². The highest BCUT2D eigenvalue weighted by Gasteiger charge is 2.18. The van der Waals surface area contributed by atoms with Crippen LogP contribution in [0.15, 0.2) is 54.7 Å². The molecule has 0 saturated heterocycles. The van der Waals surface area contributed by atoms with Crippen molar-refractivity contribution in [3.8, 4) is 23.4 Å². The maximum atomic E-state index is 12.7. The number of carbonyl (C=O) groups excluding carboxylic acids is 1. The van der Waals surface area contributed by atoms with Gasteiger partial charge in [-0.3, -0.25) is 4.79 Å². The van der Waals surface area contributed by atoms with Crippen molar-refractivity contribution in [3.63, 3.8) is 0 Å². The second kappa shape index (κ2) is 8.78. The van der Waals surface area contributed by atoms with Crippen molar-refractivity contribution in [2.45, 2.75) is 13.3 Å². The summed E-state index contributed by atoms with van der Waals surface area (Å²) in [5.41, 5.74) is 2.70. The first-order chi connectivity index (χ1) is 15.5. The van der Waals surface area contributed by atoms with Gasteiger partial charge in [0.25, 0.3) is 0 Å². The zero-order chi connectivity index (χ0) is 22.7. The summed E-state index contributed by atoms with van der Waals surface area (Å²) in [6.45, 7) is 1.96. The Bertz CT molecular complexity index is 1340. The Hall–Kier alpha value is -4.38. The highest BCUT2D eigenvalue weighted by atomic mass is 16.5. The second-order valence-electron chi connectivity index (χ2n) is 7.16. The van der Waals surface area contributed by atoms with E-state index in [2.05, 4.69) is 16.5 Å². The molecule has 0 unspecified atom stereocenters. The molecule has 0 aliphatic rings. The van der Waals surface area contributed by atoms with E-state index in [0.717, 1.165) is 16.5 Å². The van der Waals surface area contributed by atoms with E-state index in [0.29, 0.717) is 22.8 Å². The number of methoxy groups -OCH3 is 2. The molecule has 2 aromatic carbocycles. The maximum absolute atomic E-state index is 12.7. The van der Waals surface area contributed by atoms with Crippen LogP contribution in [0, 0.1) is 18.3 Å². The molecule has 0 saturated carbocycles. The molecule has 8 nitrogen and oxygen atoms in total. The van der Waals surface area contributed by atoms with E-state index in [1.54, 1.807) is 26.4 Å². The summed E-state index contributed by atoms with van der Waals surface area (Å²) in [5, 5.41) is 17.6. The van der Waals surface area contributed by atoms with Gasteiger partial charge < -0.3 is 14.8 Å². The molecule has 4 rings (SSSR count). The number of fused-ring (bicyclic) bond motifs is 1. The number of ether oxygens (including phenoxy) is 2. The lowest BCUT2D eigenvalue weighted by molar-refractivity contribution is -0.115. The zero-order valence-electron chi connectivity index (χ0n) is 17.9. The topological polar surface area (TPSA) is 102 Å². The average molecular weight is 427 g/mol. The molecule has 0 atom stereocenters. The molecule has 0 aliphatic heterocycles. The van der Waals surface area contributed by atoms with Crippen molar-refractivity contribution in [1.29, 1.82) is 5.26 Å². The summed E-state index contributed by atoms with van der Waals surface area (Å²) in [5.74, 6) is 1.81. The van der Waals surface area contributed by atoms with Gasteiger partial charge in [-0.1, -0.05) is 24.3 Å². The molecule has 0 aliphatic carbocycles. The Morgan fingerprint density at radius 1 is 1.16 bits per heavy atom. The molecule has 32 heavy (non-hydrogen) atoms. The van der Waals surface area contributed by atoms with Crippen LogP contribution in [0.4, 0.5) is 5.82 Å². The van der Waals surface area contributed by atoms with Crippen LogP contribution in [0.25, 0.3) is 16.7 Å². The smallest absolute Gasteiger partial charge is 0.229 e. The van der Waals surface area contributed by atoms with Crippen molar-refractivity contribution in [2.75, 3.05) is 19.5 Å². The highest BCUT2D eigenvalue weighted by molar-refractivity contribution is 5.93. The summed E-state index contributed by atoms with van der Waals surface area (Å²) in [4.78, 5) is 17.4. The largest absolute Gasteiger partial charge is 0.497 e. The standard InChI is InChI=1S/C24H21N5O3/c1-15-11-21(27-23-19(15)5-4-6-20(23)32-3)29-24(17(13-25)14-26-29)28-22(30)12-16-7-9-18(31-2)10-8-16/h4-11,14H,12H2,1-3H3,(H,28,30). The molecule has 8 heteroatoms. The molecule has 0 spiro atoms. The summed E-state index contributed by atoms with van der Waals surface area (Å²) >= 11 is 0. The third-order valence-electron chi connectivity index (χ3n) is 5.10. The normalized spacial score (nSPS) is 10.6. The van der Waals surface area contributed by atoms with Crippen LogP contribution < -0.4 is 14.8 Å². The van der Waals surface area contributed by atoms with E-state index in [1.165, 1.54) is 10.9 Å². The lowest BCUT2D eigenvalue weighted by atomic mass is 10.1. The molecular formula is C24H21N5O3. The Morgan fingerprint density at radius 3 is 2.62 bits per heavy atom. The lowest BCUT2D eigenvalue weighted by Crippen LogP contribution is -2.18. The fraction of sp³-hybridized carbons (Fsp3) is 0.167. The minimum atomic E-state index is -0.275. The van der Waals surface area contributed by atoms with E-state index in [-0.39, 0.29) is 23.7 Å². The monoisotopic (exact) mass is 427 g/mol. The number of nitriles is 1. The summed E-state index contributed by atoms with van der Waals surface area (Å²) in [6, 6.07) is 16.9. The molecule has 2 aromatic heterocycles.